The summed E-state index contributed by atoms with van der Waals surface area (Å²) in [7, 11) is -2.82. The summed E-state index contributed by atoms with van der Waals surface area (Å²) in [6.45, 7) is 9.62. The van der Waals surface area contributed by atoms with Crippen LogP contribution in [0.1, 0.15) is 34.1 Å². The van der Waals surface area contributed by atoms with Crippen molar-refractivity contribution in [3.63, 3.8) is 0 Å². The molecule has 0 amide bonds. The van der Waals surface area contributed by atoms with Gasteiger partial charge in [-0.15, -0.1) is 0 Å². The van der Waals surface area contributed by atoms with E-state index >= 15 is 0 Å². The van der Waals surface area contributed by atoms with Gasteiger partial charge in [0, 0.05) is 12.4 Å². The third-order valence-electron chi connectivity index (χ3n) is 5.62. The Morgan fingerprint density at radius 3 is 1.75 bits per heavy atom. The van der Waals surface area contributed by atoms with Gasteiger partial charge in [-0.1, -0.05) is 34.1 Å². The maximum absolute atomic E-state index is 4.67. The standard InChI is InChI=1S/C15H29N3Si2/c1-5-19(6-2)13-10-14-20(7-3,8-4)18(19)15-16-11-9-12-17-15/h9,11-12H,5-8,10,13-14H2,1-4H3. The minimum absolute atomic E-state index is 1.05. The normalized spacial score (nSPS) is 20.9. The Bertz CT molecular complexity index is 396. The van der Waals surface area contributed by atoms with Crippen molar-refractivity contribution in [2.75, 3.05) is 4.23 Å². The van der Waals surface area contributed by atoms with E-state index in [-0.39, 0.29) is 0 Å². The van der Waals surface area contributed by atoms with Gasteiger partial charge in [-0.2, -0.15) is 0 Å². The number of hydrogen-bond donors (Lipinski definition) is 0. The third kappa shape index (κ3) is 2.46. The van der Waals surface area contributed by atoms with Gasteiger partial charge < -0.3 is 4.23 Å². The van der Waals surface area contributed by atoms with Crippen LogP contribution in [0.2, 0.25) is 36.3 Å². The molecule has 0 spiro atoms. The second-order valence-corrected chi connectivity index (χ2v) is 16.2. The maximum Gasteiger partial charge on any atom is 0.208 e. The molecule has 5 heteroatoms. The van der Waals surface area contributed by atoms with Crippen molar-refractivity contribution in [3.8, 4) is 0 Å². The molecule has 1 fully saturated rings. The van der Waals surface area contributed by atoms with Crippen molar-refractivity contribution < 1.29 is 0 Å². The van der Waals surface area contributed by atoms with Crippen LogP contribution in [-0.2, 0) is 0 Å². The topological polar surface area (TPSA) is 29.0 Å². The van der Waals surface area contributed by atoms with Gasteiger partial charge in [-0.3, -0.25) is 0 Å². The van der Waals surface area contributed by atoms with Crippen LogP contribution in [0.5, 0.6) is 0 Å². The summed E-state index contributed by atoms with van der Waals surface area (Å²) in [6.07, 6.45) is 5.29. The van der Waals surface area contributed by atoms with Crippen LogP contribution in [0.25, 0.3) is 0 Å². The molecular formula is C15H29N3Si2. The molecule has 0 radical (unpaired) electrons. The van der Waals surface area contributed by atoms with Crippen molar-refractivity contribution in [1.82, 2.24) is 9.97 Å². The molecule has 1 aliphatic heterocycles. The first-order valence-corrected chi connectivity index (χ1v) is 13.4. The first kappa shape index (κ1) is 15.7. The molecule has 2 rings (SSSR count). The van der Waals surface area contributed by atoms with Crippen molar-refractivity contribution in [3.05, 3.63) is 18.5 Å². The second kappa shape index (κ2) is 6.39. The van der Waals surface area contributed by atoms with E-state index < -0.39 is 16.5 Å². The van der Waals surface area contributed by atoms with Gasteiger partial charge >= 0.3 is 0 Å². The largest absolute Gasteiger partial charge is 0.393 e. The lowest BCUT2D eigenvalue weighted by atomic mass is 10.6. The van der Waals surface area contributed by atoms with Crippen molar-refractivity contribution >= 4 is 22.4 Å². The fourth-order valence-electron chi connectivity index (χ4n) is 4.14. The summed E-state index contributed by atoms with van der Waals surface area (Å²) in [5.74, 6) is 1.05. The van der Waals surface area contributed by atoms with E-state index in [1.807, 2.05) is 18.5 Å². The number of rotatable bonds is 5. The van der Waals surface area contributed by atoms with Crippen LogP contribution in [0.4, 0.5) is 5.95 Å². The Balaban J connectivity index is 2.54. The smallest absolute Gasteiger partial charge is 0.208 e. The second-order valence-electron chi connectivity index (χ2n) is 6.10. The predicted octanol–water partition coefficient (Wildman–Crippen LogP) is 4.66. The quantitative estimate of drug-likeness (QED) is 0.741. The number of nitrogens with zero attached hydrogens (tertiary/aromatic N) is 3. The van der Waals surface area contributed by atoms with Gasteiger partial charge in [-0.05, 0) is 42.3 Å². The van der Waals surface area contributed by atoms with Crippen LogP contribution in [0, 0.1) is 0 Å². The van der Waals surface area contributed by atoms with E-state index in [4.69, 9.17) is 0 Å². The van der Waals surface area contributed by atoms with E-state index in [1.54, 1.807) is 0 Å². The van der Waals surface area contributed by atoms with Gasteiger partial charge in [0.1, 0.15) is 16.5 Å². The molecule has 0 N–H and O–H groups in total. The Kier molecular flexibility index (Phi) is 5.01. The van der Waals surface area contributed by atoms with Crippen molar-refractivity contribution in [2.24, 2.45) is 0 Å². The highest BCUT2D eigenvalue weighted by atomic mass is 28.4. The molecule has 0 bridgehead atoms. The zero-order chi connectivity index (χ0) is 14.6. The molecule has 0 atom stereocenters. The zero-order valence-electron chi connectivity index (χ0n) is 13.5. The average Bonchev–Trinajstić information content (AvgIpc) is 2.54. The Morgan fingerprint density at radius 1 is 0.900 bits per heavy atom. The van der Waals surface area contributed by atoms with Gasteiger partial charge in [0.05, 0.1) is 0 Å². The number of anilines is 1. The zero-order valence-corrected chi connectivity index (χ0v) is 15.5. The summed E-state index contributed by atoms with van der Waals surface area (Å²) in [4.78, 5) is 9.34. The van der Waals surface area contributed by atoms with E-state index in [9.17, 15) is 0 Å². The van der Waals surface area contributed by atoms with Gasteiger partial charge in [0.2, 0.25) is 5.95 Å². The molecule has 20 heavy (non-hydrogen) atoms. The van der Waals surface area contributed by atoms with Crippen LogP contribution in [0.15, 0.2) is 18.5 Å². The molecule has 2 heterocycles. The summed E-state index contributed by atoms with van der Waals surface area (Å²) >= 11 is 0. The first-order valence-electron chi connectivity index (χ1n) is 8.25. The van der Waals surface area contributed by atoms with E-state index in [2.05, 4.69) is 41.9 Å². The summed E-state index contributed by atoms with van der Waals surface area (Å²) in [5, 5.41) is 0. The molecule has 3 nitrogen and oxygen atoms in total. The van der Waals surface area contributed by atoms with Crippen LogP contribution < -0.4 is 4.23 Å². The Morgan fingerprint density at radius 2 is 1.35 bits per heavy atom. The number of aromatic nitrogens is 2. The van der Waals surface area contributed by atoms with Gasteiger partial charge in [0.15, 0.2) is 0 Å². The SMILES string of the molecule is CC[Si]1(CC)CCC[Si](CC)(CC)N1c1ncccn1. The molecule has 0 unspecified atom stereocenters. The molecule has 0 aromatic carbocycles. The highest BCUT2D eigenvalue weighted by molar-refractivity contribution is 7.03. The van der Waals surface area contributed by atoms with Gasteiger partial charge in [0.25, 0.3) is 0 Å². The van der Waals surface area contributed by atoms with Crippen molar-refractivity contribution in [2.45, 2.75) is 70.4 Å². The highest BCUT2D eigenvalue weighted by Gasteiger charge is 2.51. The molecule has 0 saturated carbocycles. The summed E-state index contributed by atoms with van der Waals surface area (Å²) in [6, 6.07) is 10.2. The summed E-state index contributed by atoms with van der Waals surface area (Å²) < 4.78 is 2.88. The van der Waals surface area contributed by atoms with E-state index in [0.29, 0.717) is 0 Å². The maximum atomic E-state index is 4.67. The third-order valence-corrected chi connectivity index (χ3v) is 18.6. The molecule has 1 aliphatic rings. The van der Waals surface area contributed by atoms with E-state index in [1.165, 1.54) is 42.7 Å². The van der Waals surface area contributed by atoms with Gasteiger partial charge in [-0.25, -0.2) is 9.97 Å². The molecule has 1 saturated heterocycles. The lowest BCUT2D eigenvalue weighted by molar-refractivity contribution is 0.886. The number of hydrogen-bond acceptors (Lipinski definition) is 3. The predicted molar refractivity (Wildman–Crippen MR) is 92.2 cm³/mol. The monoisotopic (exact) mass is 307 g/mol. The minimum Gasteiger partial charge on any atom is -0.393 e. The Labute approximate surface area is 126 Å². The van der Waals surface area contributed by atoms with Crippen molar-refractivity contribution in [1.29, 1.82) is 0 Å². The fourth-order valence-corrected chi connectivity index (χ4v) is 18.0. The minimum atomic E-state index is -1.41. The van der Waals surface area contributed by atoms with Crippen LogP contribution in [-0.4, -0.2) is 26.4 Å². The average molecular weight is 308 g/mol. The lowest BCUT2D eigenvalue weighted by Gasteiger charge is -2.56. The van der Waals surface area contributed by atoms with E-state index in [0.717, 1.165) is 5.95 Å². The van der Waals surface area contributed by atoms with Crippen LogP contribution >= 0.6 is 0 Å². The molecule has 1 aromatic heterocycles. The molecule has 0 aliphatic carbocycles. The molecule has 112 valence electrons. The molecular weight excluding hydrogens is 278 g/mol. The summed E-state index contributed by atoms with van der Waals surface area (Å²) in [5.41, 5.74) is 0. The Hall–Kier alpha value is -0.686. The molecule has 1 aromatic rings. The fraction of sp³-hybridized carbons (Fsp3) is 0.733. The van der Waals surface area contributed by atoms with Crippen LogP contribution in [0.3, 0.4) is 0 Å². The lowest BCUT2D eigenvalue weighted by Crippen LogP contribution is -2.69. The highest BCUT2D eigenvalue weighted by Crippen LogP contribution is 2.44. The first-order chi connectivity index (χ1) is 9.68.